The Kier molecular flexibility index (Phi) is 3.96. The van der Waals surface area contributed by atoms with Crippen molar-refractivity contribution in [3.63, 3.8) is 0 Å². The summed E-state index contributed by atoms with van der Waals surface area (Å²) in [4.78, 5) is 0. The van der Waals surface area contributed by atoms with Gasteiger partial charge in [-0.05, 0) is 30.0 Å². The molecule has 1 heteroatoms. The number of benzene rings is 2. The highest BCUT2D eigenvalue weighted by Gasteiger charge is 2.10. The second-order valence-electron chi connectivity index (χ2n) is 4.58. The third-order valence-corrected chi connectivity index (χ3v) is 3.14. The number of aryl methyl sites for hydroxylation is 1. The van der Waals surface area contributed by atoms with E-state index in [-0.39, 0.29) is 6.04 Å². The molecule has 0 heterocycles. The summed E-state index contributed by atoms with van der Waals surface area (Å²) in [5, 5.41) is 0. The molecule has 2 rings (SSSR count). The fraction of sp³-hybridized carbons (Fsp3) is 0.176. The predicted molar refractivity (Wildman–Crippen MR) is 78.4 cm³/mol. The summed E-state index contributed by atoms with van der Waals surface area (Å²) in [6, 6.07) is 16.9. The number of hydrogen-bond donors (Lipinski definition) is 1. The molecular weight excluding hydrogens is 218 g/mol. The van der Waals surface area contributed by atoms with Gasteiger partial charge in [-0.25, -0.2) is 0 Å². The van der Waals surface area contributed by atoms with Crippen LogP contribution in [0.25, 0.3) is 11.1 Å². The lowest BCUT2D eigenvalue weighted by Crippen LogP contribution is -2.10. The van der Waals surface area contributed by atoms with E-state index < -0.39 is 0 Å². The molecule has 0 aliphatic rings. The van der Waals surface area contributed by atoms with Crippen molar-refractivity contribution >= 4 is 0 Å². The van der Waals surface area contributed by atoms with Gasteiger partial charge in [-0.2, -0.15) is 0 Å². The van der Waals surface area contributed by atoms with Gasteiger partial charge < -0.3 is 5.73 Å². The molecule has 0 aliphatic carbocycles. The predicted octanol–water partition coefficient (Wildman–Crippen LogP) is 4.24. The second-order valence-corrected chi connectivity index (χ2v) is 4.58. The van der Waals surface area contributed by atoms with Crippen LogP contribution in [0.2, 0.25) is 0 Å². The SMILES string of the molecule is C=CC[C@@H](N)c1ccccc1-c1ccc(C)cc1. The first-order valence-corrected chi connectivity index (χ1v) is 6.25. The van der Waals surface area contributed by atoms with Gasteiger partial charge in [-0.3, -0.25) is 0 Å². The molecule has 1 atom stereocenters. The fourth-order valence-electron chi connectivity index (χ4n) is 2.12. The summed E-state index contributed by atoms with van der Waals surface area (Å²) in [5.41, 5.74) is 11.1. The largest absolute Gasteiger partial charge is 0.324 e. The number of nitrogens with two attached hydrogens (primary N) is 1. The summed E-state index contributed by atoms with van der Waals surface area (Å²) < 4.78 is 0. The Morgan fingerprint density at radius 2 is 1.78 bits per heavy atom. The second kappa shape index (κ2) is 5.65. The van der Waals surface area contributed by atoms with Crippen molar-refractivity contribution < 1.29 is 0 Å². The first kappa shape index (κ1) is 12.6. The average molecular weight is 237 g/mol. The van der Waals surface area contributed by atoms with Crippen molar-refractivity contribution in [2.45, 2.75) is 19.4 Å². The Bertz CT molecular complexity index is 526. The molecule has 0 spiro atoms. The van der Waals surface area contributed by atoms with Gasteiger partial charge in [0.05, 0.1) is 0 Å². The fourth-order valence-corrected chi connectivity index (χ4v) is 2.12. The molecule has 0 bridgehead atoms. The Balaban J connectivity index is 2.44. The van der Waals surface area contributed by atoms with E-state index in [1.54, 1.807) is 0 Å². The topological polar surface area (TPSA) is 26.0 Å². The highest BCUT2D eigenvalue weighted by atomic mass is 14.6. The molecule has 0 radical (unpaired) electrons. The third-order valence-electron chi connectivity index (χ3n) is 3.14. The molecule has 0 amide bonds. The molecule has 0 aromatic heterocycles. The van der Waals surface area contributed by atoms with Gasteiger partial charge in [0, 0.05) is 6.04 Å². The summed E-state index contributed by atoms with van der Waals surface area (Å²) in [6.45, 7) is 5.86. The van der Waals surface area contributed by atoms with Gasteiger partial charge >= 0.3 is 0 Å². The van der Waals surface area contributed by atoms with E-state index in [0.717, 1.165) is 6.42 Å². The van der Waals surface area contributed by atoms with Crippen LogP contribution in [0.1, 0.15) is 23.6 Å². The van der Waals surface area contributed by atoms with Crippen molar-refractivity contribution in [1.82, 2.24) is 0 Å². The summed E-state index contributed by atoms with van der Waals surface area (Å²) in [7, 11) is 0. The molecule has 0 saturated carbocycles. The molecule has 1 nitrogen and oxygen atoms in total. The van der Waals surface area contributed by atoms with E-state index in [1.165, 1.54) is 22.3 Å². The molecule has 92 valence electrons. The van der Waals surface area contributed by atoms with E-state index in [2.05, 4.69) is 56.0 Å². The summed E-state index contributed by atoms with van der Waals surface area (Å²) in [6.07, 6.45) is 2.67. The lowest BCUT2D eigenvalue weighted by atomic mass is 9.93. The monoisotopic (exact) mass is 237 g/mol. The molecule has 0 unspecified atom stereocenters. The standard InChI is InChI=1S/C17H19N/c1-3-6-17(18)16-8-5-4-7-15(16)14-11-9-13(2)10-12-14/h3-5,7-12,17H,1,6,18H2,2H3/t17-/m1/s1. The number of rotatable bonds is 4. The zero-order valence-electron chi connectivity index (χ0n) is 10.8. The maximum atomic E-state index is 6.20. The normalized spacial score (nSPS) is 12.1. The van der Waals surface area contributed by atoms with Crippen molar-refractivity contribution in [1.29, 1.82) is 0 Å². The molecule has 2 aromatic carbocycles. The molecule has 2 aromatic rings. The minimum atomic E-state index is 0.0139. The van der Waals surface area contributed by atoms with Crippen LogP contribution >= 0.6 is 0 Å². The van der Waals surface area contributed by atoms with Crippen molar-refractivity contribution in [3.05, 3.63) is 72.3 Å². The van der Waals surface area contributed by atoms with Gasteiger partial charge in [-0.15, -0.1) is 6.58 Å². The van der Waals surface area contributed by atoms with Gasteiger partial charge in [0.15, 0.2) is 0 Å². The lowest BCUT2D eigenvalue weighted by molar-refractivity contribution is 0.744. The van der Waals surface area contributed by atoms with Gasteiger partial charge in [0.1, 0.15) is 0 Å². The van der Waals surface area contributed by atoms with Gasteiger partial charge in [-0.1, -0.05) is 60.2 Å². The minimum Gasteiger partial charge on any atom is -0.324 e. The molecule has 0 saturated heterocycles. The molecule has 18 heavy (non-hydrogen) atoms. The van der Waals surface area contributed by atoms with E-state index in [0.29, 0.717) is 0 Å². The maximum Gasteiger partial charge on any atom is 0.0335 e. The molecule has 0 fully saturated rings. The van der Waals surface area contributed by atoms with Gasteiger partial charge in [0.25, 0.3) is 0 Å². The highest BCUT2D eigenvalue weighted by molar-refractivity contribution is 5.68. The number of hydrogen-bond acceptors (Lipinski definition) is 1. The zero-order valence-corrected chi connectivity index (χ0v) is 10.8. The van der Waals surface area contributed by atoms with Gasteiger partial charge in [0.2, 0.25) is 0 Å². The van der Waals surface area contributed by atoms with Crippen molar-refractivity contribution in [3.8, 4) is 11.1 Å². The summed E-state index contributed by atoms with van der Waals surface area (Å²) >= 11 is 0. The average Bonchev–Trinajstić information content (AvgIpc) is 2.40. The quantitative estimate of drug-likeness (QED) is 0.791. The minimum absolute atomic E-state index is 0.0139. The van der Waals surface area contributed by atoms with Crippen LogP contribution in [0.4, 0.5) is 0 Å². The Labute approximate surface area is 109 Å². The first-order valence-electron chi connectivity index (χ1n) is 6.25. The van der Waals surface area contributed by atoms with Crippen molar-refractivity contribution in [2.24, 2.45) is 5.73 Å². The Morgan fingerprint density at radius 1 is 1.11 bits per heavy atom. The molecular formula is C17H19N. The Hall–Kier alpha value is -1.86. The third kappa shape index (κ3) is 2.69. The van der Waals surface area contributed by atoms with Crippen LogP contribution in [0.3, 0.4) is 0 Å². The van der Waals surface area contributed by atoms with E-state index >= 15 is 0 Å². The maximum absolute atomic E-state index is 6.20. The molecule has 2 N–H and O–H groups in total. The smallest absolute Gasteiger partial charge is 0.0335 e. The molecule has 0 aliphatic heterocycles. The highest BCUT2D eigenvalue weighted by Crippen LogP contribution is 2.28. The zero-order chi connectivity index (χ0) is 13.0. The van der Waals surface area contributed by atoms with E-state index in [4.69, 9.17) is 5.73 Å². The van der Waals surface area contributed by atoms with Crippen molar-refractivity contribution in [2.75, 3.05) is 0 Å². The summed E-state index contributed by atoms with van der Waals surface area (Å²) in [5.74, 6) is 0. The Morgan fingerprint density at radius 3 is 2.44 bits per heavy atom. The van der Waals surface area contributed by atoms with Crippen LogP contribution in [-0.2, 0) is 0 Å². The van der Waals surface area contributed by atoms with Crippen LogP contribution < -0.4 is 5.73 Å². The van der Waals surface area contributed by atoms with E-state index in [1.807, 2.05) is 12.1 Å². The van der Waals surface area contributed by atoms with E-state index in [9.17, 15) is 0 Å². The van der Waals surface area contributed by atoms with Crippen LogP contribution in [0.15, 0.2) is 61.2 Å². The van der Waals surface area contributed by atoms with Crippen LogP contribution in [-0.4, -0.2) is 0 Å². The van der Waals surface area contributed by atoms with Crippen LogP contribution in [0.5, 0.6) is 0 Å². The van der Waals surface area contributed by atoms with Crippen LogP contribution in [0, 0.1) is 6.92 Å². The first-order chi connectivity index (χ1) is 8.72. The lowest BCUT2D eigenvalue weighted by Gasteiger charge is -2.15.